The summed E-state index contributed by atoms with van der Waals surface area (Å²) in [6.45, 7) is 0.356. The van der Waals surface area contributed by atoms with Crippen LogP contribution in [-0.4, -0.2) is 29.3 Å². The number of nitro benzene ring substituents is 1. The lowest BCUT2D eigenvalue weighted by atomic mass is 10.2. The highest BCUT2D eigenvalue weighted by Gasteiger charge is 2.14. The van der Waals surface area contributed by atoms with E-state index in [-0.39, 0.29) is 24.7 Å². The lowest BCUT2D eigenvalue weighted by molar-refractivity contribution is -0.384. The number of para-hydroxylation sites is 3. The number of hydrogen-bond acceptors (Lipinski definition) is 5. The van der Waals surface area contributed by atoms with Crippen molar-refractivity contribution >= 4 is 28.9 Å². The van der Waals surface area contributed by atoms with Crippen LogP contribution in [0.15, 0.2) is 72.8 Å². The number of nitro groups is 1. The summed E-state index contributed by atoms with van der Waals surface area (Å²) in [5.41, 5.74) is 1.08. The molecule has 30 heavy (non-hydrogen) atoms. The van der Waals surface area contributed by atoms with Crippen molar-refractivity contribution in [1.29, 1.82) is 0 Å². The molecule has 3 rings (SSSR count). The first-order valence-corrected chi connectivity index (χ1v) is 9.53. The van der Waals surface area contributed by atoms with Crippen LogP contribution in [0, 0.1) is 10.1 Å². The Kier molecular flexibility index (Phi) is 7.00. The summed E-state index contributed by atoms with van der Waals surface area (Å²) in [6.07, 6.45) is 0. The first kappa shape index (κ1) is 21.3. The zero-order valence-electron chi connectivity index (χ0n) is 16.2. The molecule has 1 N–H and O–H groups in total. The third-order valence-corrected chi connectivity index (χ3v) is 4.59. The van der Waals surface area contributed by atoms with E-state index in [4.69, 9.17) is 16.3 Å². The Hall–Kier alpha value is -3.42. The maximum atomic E-state index is 12.5. The third-order valence-electron chi connectivity index (χ3n) is 4.23. The van der Waals surface area contributed by atoms with Gasteiger partial charge in [0.2, 0.25) is 5.91 Å². The summed E-state index contributed by atoms with van der Waals surface area (Å²) >= 11 is 6.14. The van der Waals surface area contributed by atoms with Gasteiger partial charge in [-0.2, -0.15) is 0 Å². The molecule has 0 aliphatic rings. The van der Waals surface area contributed by atoms with Gasteiger partial charge in [-0.1, -0.05) is 41.9 Å². The largest absolute Gasteiger partial charge is 0.455 e. The number of nitrogens with zero attached hydrogens (tertiary/aromatic N) is 2. The van der Waals surface area contributed by atoms with Crippen molar-refractivity contribution in [2.75, 3.05) is 18.9 Å². The second kappa shape index (κ2) is 9.87. The van der Waals surface area contributed by atoms with E-state index in [1.165, 1.54) is 18.2 Å². The number of nitrogens with one attached hydrogen (secondary N) is 1. The summed E-state index contributed by atoms with van der Waals surface area (Å²) in [4.78, 5) is 24.7. The van der Waals surface area contributed by atoms with E-state index < -0.39 is 4.92 Å². The van der Waals surface area contributed by atoms with Crippen LogP contribution in [0.5, 0.6) is 11.5 Å². The van der Waals surface area contributed by atoms with Gasteiger partial charge in [0.1, 0.15) is 5.75 Å². The van der Waals surface area contributed by atoms with Crippen LogP contribution >= 0.6 is 11.6 Å². The van der Waals surface area contributed by atoms with E-state index in [1.54, 1.807) is 30.1 Å². The second-order valence-electron chi connectivity index (χ2n) is 6.66. The molecule has 0 aliphatic carbocycles. The Balaban J connectivity index is 1.63. The van der Waals surface area contributed by atoms with Crippen LogP contribution in [0.4, 0.5) is 11.4 Å². The molecule has 0 spiro atoms. The number of carbonyl (C=O) groups is 1. The molecule has 8 heteroatoms. The van der Waals surface area contributed by atoms with Crippen molar-refractivity contribution in [2.45, 2.75) is 6.54 Å². The number of rotatable bonds is 8. The summed E-state index contributed by atoms with van der Waals surface area (Å²) < 4.78 is 5.85. The van der Waals surface area contributed by atoms with E-state index in [0.717, 1.165) is 0 Å². The molecule has 0 aliphatic heterocycles. The highest BCUT2D eigenvalue weighted by molar-refractivity contribution is 6.31. The van der Waals surface area contributed by atoms with Gasteiger partial charge >= 0.3 is 0 Å². The molecule has 0 fully saturated rings. The minimum atomic E-state index is -0.476. The topological polar surface area (TPSA) is 84.7 Å². The van der Waals surface area contributed by atoms with Gasteiger partial charge in [0.05, 0.1) is 17.2 Å². The predicted octanol–water partition coefficient (Wildman–Crippen LogP) is 5.11. The third kappa shape index (κ3) is 5.79. The van der Waals surface area contributed by atoms with Gasteiger partial charge in [-0.3, -0.25) is 19.8 Å². The average molecular weight is 426 g/mol. The van der Waals surface area contributed by atoms with Crippen molar-refractivity contribution in [3.63, 3.8) is 0 Å². The van der Waals surface area contributed by atoms with E-state index in [9.17, 15) is 14.9 Å². The average Bonchev–Trinajstić information content (AvgIpc) is 2.71. The Morgan fingerprint density at radius 3 is 2.53 bits per heavy atom. The van der Waals surface area contributed by atoms with Crippen molar-refractivity contribution in [1.82, 2.24) is 4.90 Å². The summed E-state index contributed by atoms with van der Waals surface area (Å²) in [7, 11) is 1.74. The minimum Gasteiger partial charge on any atom is -0.455 e. The van der Waals surface area contributed by atoms with Gasteiger partial charge in [0.25, 0.3) is 5.69 Å². The van der Waals surface area contributed by atoms with Crippen LogP contribution in [0.3, 0.4) is 0 Å². The first-order chi connectivity index (χ1) is 14.4. The number of amides is 1. The number of benzene rings is 3. The Labute approximate surface area is 179 Å². The lowest BCUT2D eigenvalue weighted by Gasteiger charge is -2.18. The molecule has 7 nitrogen and oxygen atoms in total. The van der Waals surface area contributed by atoms with Gasteiger partial charge in [0.15, 0.2) is 5.75 Å². The fraction of sp³-hybridized carbons (Fsp3) is 0.136. The molecule has 0 heterocycles. The molecule has 0 aromatic heterocycles. The number of likely N-dealkylation sites (N-methyl/N-ethyl adjacent to an activating group) is 1. The monoisotopic (exact) mass is 425 g/mol. The maximum Gasteiger partial charge on any atom is 0.269 e. The molecule has 0 unspecified atom stereocenters. The Morgan fingerprint density at radius 2 is 1.80 bits per heavy atom. The van der Waals surface area contributed by atoms with Crippen molar-refractivity contribution in [2.24, 2.45) is 0 Å². The van der Waals surface area contributed by atoms with Gasteiger partial charge in [-0.25, -0.2) is 0 Å². The van der Waals surface area contributed by atoms with Crippen LogP contribution in [-0.2, 0) is 11.3 Å². The standard InChI is InChI=1S/C22H20ClN3O4/c1-25(14-16-13-17(26(28)29)11-12-19(16)23)15-22(27)24-20-9-5-6-10-21(20)30-18-7-3-2-4-8-18/h2-13H,14-15H2,1H3,(H,24,27). The van der Waals surface area contributed by atoms with Crippen molar-refractivity contribution in [3.8, 4) is 11.5 Å². The molecule has 0 radical (unpaired) electrons. The molecule has 0 bridgehead atoms. The van der Waals surface area contributed by atoms with Crippen LogP contribution in [0.2, 0.25) is 5.02 Å². The molecule has 0 saturated carbocycles. The zero-order valence-corrected chi connectivity index (χ0v) is 17.0. The van der Waals surface area contributed by atoms with E-state index in [1.807, 2.05) is 36.4 Å². The second-order valence-corrected chi connectivity index (χ2v) is 7.07. The molecule has 154 valence electrons. The van der Waals surface area contributed by atoms with Gasteiger partial charge in [-0.15, -0.1) is 0 Å². The van der Waals surface area contributed by atoms with Gasteiger partial charge < -0.3 is 10.1 Å². The Morgan fingerprint density at radius 1 is 1.10 bits per heavy atom. The fourth-order valence-corrected chi connectivity index (χ4v) is 3.03. The van der Waals surface area contributed by atoms with Crippen LogP contribution in [0.1, 0.15) is 5.56 Å². The first-order valence-electron chi connectivity index (χ1n) is 9.15. The van der Waals surface area contributed by atoms with Crippen LogP contribution < -0.4 is 10.1 Å². The highest BCUT2D eigenvalue weighted by Crippen LogP contribution is 2.29. The number of carbonyl (C=O) groups excluding carboxylic acids is 1. The summed E-state index contributed by atoms with van der Waals surface area (Å²) in [5, 5.41) is 14.2. The number of halogens is 1. The predicted molar refractivity (Wildman–Crippen MR) is 116 cm³/mol. The van der Waals surface area contributed by atoms with Gasteiger partial charge in [0, 0.05) is 23.7 Å². The van der Waals surface area contributed by atoms with Crippen molar-refractivity contribution < 1.29 is 14.5 Å². The molecule has 0 atom stereocenters. The molecule has 3 aromatic rings. The minimum absolute atomic E-state index is 0.0424. The van der Waals surface area contributed by atoms with Crippen molar-refractivity contribution in [3.05, 3.63) is 93.5 Å². The number of anilines is 1. The lowest BCUT2D eigenvalue weighted by Crippen LogP contribution is -2.30. The summed E-state index contributed by atoms with van der Waals surface area (Å²) in [6, 6.07) is 20.7. The van der Waals surface area contributed by atoms with E-state index >= 15 is 0 Å². The number of hydrogen-bond donors (Lipinski definition) is 1. The molecular formula is C22H20ClN3O4. The fourth-order valence-electron chi connectivity index (χ4n) is 2.85. The van der Waals surface area contributed by atoms with E-state index in [0.29, 0.717) is 27.8 Å². The summed E-state index contributed by atoms with van der Waals surface area (Å²) in [5.74, 6) is 0.946. The molecule has 3 aromatic carbocycles. The maximum absolute atomic E-state index is 12.5. The van der Waals surface area contributed by atoms with Crippen LogP contribution in [0.25, 0.3) is 0 Å². The molecular weight excluding hydrogens is 406 g/mol. The number of non-ortho nitro benzene ring substituents is 1. The number of ether oxygens (including phenoxy) is 1. The van der Waals surface area contributed by atoms with Gasteiger partial charge in [-0.05, 0) is 42.9 Å². The molecule has 0 saturated heterocycles. The quantitative estimate of drug-likeness (QED) is 0.400. The highest BCUT2D eigenvalue weighted by atomic mass is 35.5. The Bertz CT molecular complexity index is 1040. The normalized spacial score (nSPS) is 10.6. The van der Waals surface area contributed by atoms with E-state index in [2.05, 4.69) is 5.32 Å². The zero-order chi connectivity index (χ0) is 21.5. The molecule has 1 amide bonds. The smallest absolute Gasteiger partial charge is 0.269 e. The SMILES string of the molecule is CN(CC(=O)Nc1ccccc1Oc1ccccc1)Cc1cc([N+](=O)[O-])ccc1Cl.